The van der Waals surface area contributed by atoms with Crippen LogP contribution in [0.5, 0.6) is 0 Å². The van der Waals surface area contributed by atoms with E-state index < -0.39 is 0 Å². The van der Waals surface area contributed by atoms with Crippen molar-refractivity contribution in [1.29, 1.82) is 0 Å². The van der Waals surface area contributed by atoms with E-state index in [4.69, 9.17) is 0 Å². The molecule has 0 N–H and O–H groups in total. The third kappa shape index (κ3) is 2.40. The summed E-state index contributed by atoms with van der Waals surface area (Å²) in [5, 5.41) is 4.48. The highest BCUT2D eigenvalue weighted by atomic mass is 15.3. The Hall–Kier alpha value is -0.830. The van der Waals surface area contributed by atoms with Crippen molar-refractivity contribution in [2.24, 2.45) is 0 Å². The summed E-state index contributed by atoms with van der Waals surface area (Å²) < 4.78 is 2.17. The Labute approximate surface area is 92.1 Å². The van der Waals surface area contributed by atoms with Gasteiger partial charge in [0.05, 0.1) is 12.2 Å². The van der Waals surface area contributed by atoms with Gasteiger partial charge in [-0.2, -0.15) is 5.10 Å². The molecule has 0 aliphatic carbocycles. The van der Waals surface area contributed by atoms with E-state index in [9.17, 15) is 0 Å². The van der Waals surface area contributed by atoms with Crippen LogP contribution in [0.25, 0.3) is 0 Å². The molecule has 1 saturated heterocycles. The molecular weight excluding hydrogens is 186 g/mol. The second-order valence-electron chi connectivity index (χ2n) is 4.94. The lowest BCUT2D eigenvalue weighted by molar-refractivity contribution is 0.212. The monoisotopic (exact) mass is 207 g/mol. The Balaban J connectivity index is 2.03. The van der Waals surface area contributed by atoms with Crippen molar-refractivity contribution in [3.8, 4) is 0 Å². The Morgan fingerprint density at radius 1 is 1.33 bits per heavy atom. The minimum absolute atomic E-state index is 0.588. The predicted molar refractivity (Wildman–Crippen MR) is 62.1 cm³/mol. The van der Waals surface area contributed by atoms with Crippen LogP contribution in [0.4, 0.5) is 0 Å². The summed E-state index contributed by atoms with van der Waals surface area (Å²) in [5.41, 5.74) is 1.36. The largest absolute Gasteiger partial charge is 0.306 e. The third-order valence-corrected chi connectivity index (χ3v) is 3.35. The molecule has 1 aliphatic heterocycles. The number of nitrogens with zero attached hydrogens (tertiary/aromatic N) is 3. The van der Waals surface area contributed by atoms with Gasteiger partial charge in [-0.15, -0.1) is 0 Å². The predicted octanol–water partition coefficient (Wildman–Crippen LogP) is 2.27. The Morgan fingerprint density at radius 2 is 2.00 bits per heavy atom. The van der Waals surface area contributed by atoms with Crippen LogP contribution in [-0.4, -0.2) is 34.8 Å². The number of hydrogen-bond donors (Lipinski definition) is 0. The molecular formula is C12H21N3. The van der Waals surface area contributed by atoms with E-state index in [0.29, 0.717) is 12.0 Å². The highest BCUT2D eigenvalue weighted by Gasteiger charge is 2.18. The van der Waals surface area contributed by atoms with Gasteiger partial charge in [0.15, 0.2) is 0 Å². The van der Waals surface area contributed by atoms with Gasteiger partial charge in [-0.05, 0) is 44.5 Å². The van der Waals surface area contributed by atoms with E-state index >= 15 is 0 Å². The van der Waals surface area contributed by atoms with Gasteiger partial charge in [0, 0.05) is 6.20 Å². The third-order valence-electron chi connectivity index (χ3n) is 3.35. The second-order valence-corrected chi connectivity index (χ2v) is 4.94. The fourth-order valence-corrected chi connectivity index (χ4v) is 2.11. The van der Waals surface area contributed by atoms with E-state index in [1.807, 2.05) is 6.20 Å². The first-order valence-electron chi connectivity index (χ1n) is 5.89. The molecule has 0 aromatic carbocycles. The highest BCUT2D eigenvalue weighted by molar-refractivity contribution is 5.09. The first kappa shape index (κ1) is 10.7. The molecule has 15 heavy (non-hydrogen) atoms. The molecule has 2 heterocycles. The number of aromatic nitrogens is 2. The lowest BCUT2D eigenvalue weighted by Crippen LogP contribution is -2.31. The second kappa shape index (κ2) is 4.35. The van der Waals surface area contributed by atoms with Gasteiger partial charge in [0.2, 0.25) is 0 Å². The van der Waals surface area contributed by atoms with E-state index in [0.717, 1.165) is 0 Å². The van der Waals surface area contributed by atoms with Crippen molar-refractivity contribution in [2.45, 2.75) is 38.6 Å². The lowest BCUT2D eigenvalue weighted by Gasteiger charge is -2.29. The van der Waals surface area contributed by atoms with Crippen molar-refractivity contribution < 1.29 is 0 Å². The summed E-state index contributed by atoms with van der Waals surface area (Å²) >= 11 is 0. The summed E-state index contributed by atoms with van der Waals surface area (Å²) in [6.07, 6.45) is 6.70. The molecule has 1 aromatic rings. The SMILES string of the molecule is CC(C)c1cnn(C2CCN(C)CC2)c1. The van der Waals surface area contributed by atoms with E-state index in [1.54, 1.807) is 0 Å². The van der Waals surface area contributed by atoms with Crippen molar-refractivity contribution in [2.75, 3.05) is 20.1 Å². The zero-order valence-electron chi connectivity index (χ0n) is 9.98. The van der Waals surface area contributed by atoms with Crippen LogP contribution in [-0.2, 0) is 0 Å². The molecule has 0 spiro atoms. The highest BCUT2D eigenvalue weighted by Crippen LogP contribution is 2.22. The first-order valence-corrected chi connectivity index (χ1v) is 5.89. The number of likely N-dealkylation sites (tertiary alicyclic amines) is 1. The molecule has 1 aromatic heterocycles. The van der Waals surface area contributed by atoms with Gasteiger partial charge in [-0.1, -0.05) is 13.8 Å². The van der Waals surface area contributed by atoms with Gasteiger partial charge in [0.1, 0.15) is 0 Å². The van der Waals surface area contributed by atoms with E-state index in [-0.39, 0.29) is 0 Å². The molecule has 1 fully saturated rings. The standard InChI is InChI=1S/C12H21N3/c1-10(2)11-8-13-15(9-11)12-4-6-14(3)7-5-12/h8-10,12H,4-7H2,1-3H3. The van der Waals surface area contributed by atoms with E-state index in [1.165, 1.54) is 31.5 Å². The molecule has 84 valence electrons. The van der Waals surface area contributed by atoms with Gasteiger partial charge in [-0.3, -0.25) is 4.68 Å². The zero-order chi connectivity index (χ0) is 10.8. The minimum Gasteiger partial charge on any atom is -0.306 e. The van der Waals surface area contributed by atoms with Crippen molar-refractivity contribution >= 4 is 0 Å². The molecule has 0 saturated carbocycles. The topological polar surface area (TPSA) is 21.1 Å². The summed E-state index contributed by atoms with van der Waals surface area (Å²) in [7, 11) is 2.19. The van der Waals surface area contributed by atoms with Crippen molar-refractivity contribution in [1.82, 2.24) is 14.7 Å². The number of piperidine rings is 1. The van der Waals surface area contributed by atoms with Crippen LogP contribution in [0.3, 0.4) is 0 Å². The van der Waals surface area contributed by atoms with Gasteiger partial charge in [-0.25, -0.2) is 0 Å². The fourth-order valence-electron chi connectivity index (χ4n) is 2.11. The molecule has 1 aliphatic rings. The summed E-state index contributed by atoms with van der Waals surface area (Å²) in [6, 6.07) is 0.619. The normalized spacial score (nSPS) is 20.0. The van der Waals surface area contributed by atoms with Crippen LogP contribution < -0.4 is 0 Å². The molecule has 3 nitrogen and oxygen atoms in total. The van der Waals surface area contributed by atoms with Gasteiger partial charge >= 0.3 is 0 Å². The first-order chi connectivity index (χ1) is 7.16. The number of rotatable bonds is 2. The van der Waals surface area contributed by atoms with Crippen LogP contribution in [0.15, 0.2) is 12.4 Å². The molecule has 2 rings (SSSR count). The average molecular weight is 207 g/mol. The minimum atomic E-state index is 0.588. The summed E-state index contributed by atoms with van der Waals surface area (Å²) in [6.45, 7) is 6.83. The quantitative estimate of drug-likeness (QED) is 0.742. The maximum absolute atomic E-state index is 4.48. The smallest absolute Gasteiger partial charge is 0.0543 e. The maximum atomic E-state index is 4.48. The van der Waals surface area contributed by atoms with Crippen LogP contribution >= 0.6 is 0 Å². The summed E-state index contributed by atoms with van der Waals surface area (Å²) in [4.78, 5) is 2.39. The molecule has 0 bridgehead atoms. The molecule has 3 heteroatoms. The lowest BCUT2D eigenvalue weighted by atomic mass is 10.1. The van der Waals surface area contributed by atoms with Gasteiger partial charge in [0.25, 0.3) is 0 Å². The van der Waals surface area contributed by atoms with Crippen LogP contribution in [0, 0.1) is 0 Å². The number of hydrogen-bond acceptors (Lipinski definition) is 2. The Bertz CT molecular complexity index is 308. The van der Waals surface area contributed by atoms with Crippen molar-refractivity contribution in [3.05, 3.63) is 18.0 Å². The average Bonchev–Trinajstić information content (AvgIpc) is 2.68. The van der Waals surface area contributed by atoms with E-state index in [2.05, 4.69) is 41.8 Å². The molecule has 0 radical (unpaired) electrons. The fraction of sp³-hybridized carbons (Fsp3) is 0.750. The zero-order valence-corrected chi connectivity index (χ0v) is 9.98. The molecule has 0 amide bonds. The Kier molecular flexibility index (Phi) is 3.10. The van der Waals surface area contributed by atoms with Crippen LogP contribution in [0.2, 0.25) is 0 Å². The Morgan fingerprint density at radius 3 is 2.53 bits per heavy atom. The van der Waals surface area contributed by atoms with Crippen molar-refractivity contribution in [3.63, 3.8) is 0 Å². The molecule has 0 atom stereocenters. The maximum Gasteiger partial charge on any atom is 0.0543 e. The summed E-state index contributed by atoms with van der Waals surface area (Å²) in [5.74, 6) is 0.588. The molecule has 0 unspecified atom stereocenters. The van der Waals surface area contributed by atoms with Crippen LogP contribution in [0.1, 0.15) is 44.2 Å². The van der Waals surface area contributed by atoms with Gasteiger partial charge < -0.3 is 4.90 Å².